The van der Waals surface area contributed by atoms with Gasteiger partial charge in [-0.05, 0) is 13.8 Å². The first-order valence-electron chi connectivity index (χ1n) is 5.23. The molecule has 0 saturated heterocycles. The number of nitrogens with zero attached hydrogens (tertiary/aromatic N) is 2. The summed E-state index contributed by atoms with van der Waals surface area (Å²) in [7, 11) is 0. The van der Waals surface area contributed by atoms with E-state index in [4.69, 9.17) is 9.47 Å². The molecule has 0 bridgehead atoms. The molecule has 1 rings (SSSR count). The fraction of sp³-hybridized carbons (Fsp3) is 0.400. The first kappa shape index (κ1) is 13.7. The van der Waals surface area contributed by atoms with Gasteiger partial charge in [-0.3, -0.25) is 20.2 Å². The standard InChI is InChI=1S/C10H12N2O6/c1-3-17-9-6-10(18-4-2)8(12(15)16)5-7(9)11(13)14/h5-6H,3-4H2,1-2H3. The van der Waals surface area contributed by atoms with E-state index in [0.29, 0.717) is 0 Å². The van der Waals surface area contributed by atoms with Crippen molar-refractivity contribution in [3.8, 4) is 11.5 Å². The molecular weight excluding hydrogens is 244 g/mol. The summed E-state index contributed by atoms with van der Waals surface area (Å²) in [5.74, 6) is -0.0897. The molecule has 0 aliphatic carbocycles. The lowest BCUT2D eigenvalue weighted by molar-refractivity contribution is -0.395. The molecule has 0 N–H and O–H groups in total. The second-order valence-corrected chi connectivity index (χ2v) is 3.17. The average molecular weight is 256 g/mol. The minimum atomic E-state index is -0.728. The highest BCUT2D eigenvalue weighted by Crippen LogP contribution is 2.38. The van der Waals surface area contributed by atoms with Crippen LogP contribution >= 0.6 is 0 Å². The van der Waals surface area contributed by atoms with Crippen LogP contribution in [-0.4, -0.2) is 23.1 Å². The molecule has 0 radical (unpaired) electrons. The maximum atomic E-state index is 10.8. The summed E-state index contributed by atoms with van der Waals surface area (Å²) in [4.78, 5) is 20.1. The highest BCUT2D eigenvalue weighted by atomic mass is 16.6. The molecule has 0 unspecified atom stereocenters. The van der Waals surface area contributed by atoms with Crippen molar-refractivity contribution in [3.63, 3.8) is 0 Å². The zero-order chi connectivity index (χ0) is 13.7. The molecule has 0 aliphatic rings. The van der Waals surface area contributed by atoms with E-state index < -0.39 is 21.2 Å². The number of rotatable bonds is 6. The van der Waals surface area contributed by atoms with Crippen LogP contribution in [-0.2, 0) is 0 Å². The van der Waals surface area contributed by atoms with Crippen LogP contribution in [0.3, 0.4) is 0 Å². The van der Waals surface area contributed by atoms with E-state index >= 15 is 0 Å². The first-order valence-corrected chi connectivity index (χ1v) is 5.23. The van der Waals surface area contributed by atoms with Gasteiger partial charge < -0.3 is 9.47 Å². The van der Waals surface area contributed by atoms with Crippen molar-refractivity contribution in [1.29, 1.82) is 0 Å². The molecule has 0 atom stereocenters. The van der Waals surface area contributed by atoms with Crippen LogP contribution in [0.2, 0.25) is 0 Å². The predicted octanol–water partition coefficient (Wildman–Crippen LogP) is 2.30. The van der Waals surface area contributed by atoms with Gasteiger partial charge in [-0.15, -0.1) is 0 Å². The zero-order valence-electron chi connectivity index (χ0n) is 9.91. The normalized spacial score (nSPS) is 9.89. The molecule has 0 aliphatic heterocycles. The van der Waals surface area contributed by atoms with E-state index in [2.05, 4.69) is 0 Å². The van der Waals surface area contributed by atoms with Gasteiger partial charge in [-0.2, -0.15) is 0 Å². The molecule has 0 aromatic heterocycles. The van der Waals surface area contributed by atoms with Gasteiger partial charge in [0.1, 0.15) is 6.07 Å². The Labute approximate surface area is 102 Å². The van der Waals surface area contributed by atoms with Crippen LogP contribution < -0.4 is 9.47 Å². The van der Waals surface area contributed by atoms with Crippen LogP contribution in [0.4, 0.5) is 11.4 Å². The fourth-order valence-electron chi connectivity index (χ4n) is 1.37. The Balaban J connectivity index is 3.39. The third kappa shape index (κ3) is 2.84. The summed E-state index contributed by atoms with van der Waals surface area (Å²) in [5, 5.41) is 21.6. The van der Waals surface area contributed by atoms with Crippen LogP contribution in [0.15, 0.2) is 12.1 Å². The molecule has 1 aromatic carbocycles. The van der Waals surface area contributed by atoms with E-state index in [1.807, 2.05) is 0 Å². The third-order valence-corrected chi connectivity index (χ3v) is 2.03. The van der Waals surface area contributed by atoms with Crippen LogP contribution in [0, 0.1) is 20.2 Å². The number of ether oxygens (including phenoxy) is 2. The molecule has 8 nitrogen and oxygen atoms in total. The van der Waals surface area contributed by atoms with Gasteiger partial charge in [0.25, 0.3) is 0 Å². The van der Waals surface area contributed by atoms with Crippen LogP contribution in [0.25, 0.3) is 0 Å². The SMILES string of the molecule is CCOc1cc(OCC)c([N+](=O)[O-])cc1[N+](=O)[O-]. The largest absolute Gasteiger partial charge is 0.487 e. The Morgan fingerprint density at radius 3 is 1.61 bits per heavy atom. The van der Waals surface area contributed by atoms with Gasteiger partial charge in [0.15, 0.2) is 0 Å². The second kappa shape index (κ2) is 5.80. The smallest absolute Gasteiger partial charge is 0.318 e. The molecule has 0 saturated carbocycles. The molecular formula is C10H12N2O6. The summed E-state index contributed by atoms with van der Waals surface area (Å²) in [6, 6.07) is 2.01. The van der Waals surface area contributed by atoms with E-state index in [9.17, 15) is 20.2 Å². The molecule has 1 aromatic rings. The zero-order valence-corrected chi connectivity index (χ0v) is 9.91. The Hall–Kier alpha value is -2.38. The summed E-state index contributed by atoms with van der Waals surface area (Å²) in [6.07, 6.45) is 0. The lowest BCUT2D eigenvalue weighted by Gasteiger charge is -2.08. The lowest BCUT2D eigenvalue weighted by Crippen LogP contribution is -2.02. The Kier molecular flexibility index (Phi) is 4.41. The first-order chi connectivity index (χ1) is 8.51. The monoisotopic (exact) mass is 256 g/mol. The van der Waals surface area contributed by atoms with Gasteiger partial charge >= 0.3 is 11.4 Å². The van der Waals surface area contributed by atoms with Crippen molar-refractivity contribution in [1.82, 2.24) is 0 Å². The summed E-state index contributed by atoms with van der Waals surface area (Å²) in [5.41, 5.74) is -0.904. The van der Waals surface area contributed by atoms with E-state index in [1.54, 1.807) is 13.8 Å². The van der Waals surface area contributed by atoms with Crippen molar-refractivity contribution in [2.75, 3.05) is 13.2 Å². The topological polar surface area (TPSA) is 105 Å². The van der Waals surface area contributed by atoms with Gasteiger partial charge in [-0.25, -0.2) is 0 Å². The lowest BCUT2D eigenvalue weighted by atomic mass is 10.2. The summed E-state index contributed by atoms with van der Waals surface area (Å²) in [6.45, 7) is 3.74. The highest BCUT2D eigenvalue weighted by molar-refractivity contribution is 5.61. The number of hydrogen-bond donors (Lipinski definition) is 0. The Morgan fingerprint density at radius 2 is 1.33 bits per heavy atom. The van der Waals surface area contributed by atoms with Gasteiger partial charge in [0, 0.05) is 6.07 Å². The van der Waals surface area contributed by atoms with Crippen molar-refractivity contribution in [2.45, 2.75) is 13.8 Å². The molecule has 0 spiro atoms. The molecule has 18 heavy (non-hydrogen) atoms. The predicted molar refractivity (Wildman–Crippen MR) is 62.1 cm³/mol. The number of nitro groups is 2. The minimum Gasteiger partial charge on any atom is -0.487 e. The van der Waals surface area contributed by atoms with Crippen molar-refractivity contribution in [3.05, 3.63) is 32.4 Å². The second-order valence-electron chi connectivity index (χ2n) is 3.17. The van der Waals surface area contributed by atoms with E-state index in [1.165, 1.54) is 6.07 Å². The fourth-order valence-corrected chi connectivity index (χ4v) is 1.37. The maximum Gasteiger partial charge on any atom is 0.318 e. The van der Waals surface area contributed by atoms with E-state index in [-0.39, 0.29) is 24.7 Å². The van der Waals surface area contributed by atoms with Gasteiger partial charge in [-0.1, -0.05) is 0 Å². The number of hydrogen-bond acceptors (Lipinski definition) is 6. The van der Waals surface area contributed by atoms with E-state index in [0.717, 1.165) is 6.07 Å². The van der Waals surface area contributed by atoms with Crippen molar-refractivity contribution in [2.24, 2.45) is 0 Å². The minimum absolute atomic E-state index is 0.0449. The van der Waals surface area contributed by atoms with Crippen molar-refractivity contribution < 1.29 is 19.3 Å². The maximum absolute atomic E-state index is 10.8. The highest BCUT2D eigenvalue weighted by Gasteiger charge is 2.26. The average Bonchev–Trinajstić information content (AvgIpc) is 2.29. The number of benzene rings is 1. The summed E-state index contributed by atoms with van der Waals surface area (Å²) >= 11 is 0. The molecule has 0 amide bonds. The molecule has 8 heteroatoms. The summed E-state index contributed by atoms with van der Waals surface area (Å²) < 4.78 is 10.2. The van der Waals surface area contributed by atoms with Gasteiger partial charge in [0.05, 0.1) is 23.1 Å². The van der Waals surface area contributed by atoms with Crippen molar-refractivity contribution >= 4 is 11.4 Å². The van der Waals surface area contributed by atoms with Gasteiger partial charge in [0.2, 0.25) is 11.5 Å². The van der Waals surface area contributed by atoms with Crippen LogP contribution in [0.1, 0.15) is 13.8 Å². The Morgan fingerprint density at radius 1 is 0.944 bits per heavy atom. The van der Waals surface area contributed by atoms with Crippen LogP contribution in [0.5, 0.6) is 11.5 Å². The molecule has 0 fully saturated rings. The third-order valence-electron chi connectivity index (χ3n) is 2.03. The number of nitro benzene ring substituents is 2. The Bertz CT molecular complexity index is 434. The molecule has 0 heterocycles. The molecule has 98 valence electrons. The quantitative estimate of drug-likeness (QED) is 0.571.